The van der Waals surface area contributed by atoms with Gasteiger partial charge in [-0.3, -0.25) is 9.69 Å². The lowest BCUT2D eigenvalue weighted by atomic mass is 10.0. The highest BCUT2D eigenvalue weighted by Gasteiger charge is 2.24. The number of carbonyl (C=O) groups is 1. The van der Waals surface area contributed by atoms with Crippen molar-refractivity contribution in [2.45, 2.75) is 45.7 Å². The van der Waals surface area contributed by atoms with E-state index < -0.39 is 0 Å². The molecule has 0 atom stereocenters. The predicted molar refractivity (Wildman–Crippen MR) is 131 cm³/mol. The standard InChI is InChI=1S/C25H32N4OS/c1-17(2)29-13-11-21(12-14-29)28(4)16-24(30)26-20-8-6-19(7-9-20)25-27-22-10-5-18(3)15-23(22)31-25/h5-10,15,17,21H,11-14,16H2,1-4H3,(H,26,30). The molecule has 2 aromatic carbocycles. The highest BCUT2D eigenvalue weighted by Crippen LogP contribution is 2.31. The summed E-state index contributed by atoms with van der Waals surface area (Å²) in [6.07, 6.45) is 2.25. The maximum Gasteiger partial charge on any atom is 0.238 e. The molecular weight excluding hydrogens is 404 g/mol. The third-order valence-corrected chi connectivity index (χ3v) is 7.27. The number of benzene rings is 2. The smallest absolute Gasteiger partial charge is 0.238 e. The number of carbonyl (C=O) groups excluding carboxylic acids is 1. The summed E-state index contributed by atoms with van der Waals surface area (Å²) in [6.45, 7) is 9.25. The number of aromatic nitrogens is 1. The number of likely N-dealkylation sites (N-methyl/N-ethyl adjacent to an activating group) is 1. The number of hydrogen-bond donors (Lipinski definition) is 1. The molecule has 1 amide bonds. The first kappa shape index (κ1) is 21.9. The Balaban J connectivity index is 1.32. The molecule has 164 valence electrons. The highest BCUT2D eigenvalue weighted by molar-refractivity contribution is 7.21. The van der Waals surface area contributed by atoms with Gasteiger partial charge in [0.05, 0.1) is 16.8 Å². The van der Waals surface area contributed by atoms with E-state index in [4.69, 9.17) is 4.98 Å². The Bertz CT molecular complexity index is 1040. The number of thiazole rings is 1. The first-order chi connectivity index (χ1) is 14.9. The van der Waals surface area contributed by atoms with Gasteiger partial charge in [0, 0.05) is 23.3 Å². The molecule has 0 bridgehead atoms. The van der Waals surface area contributed by atoms with Gasteiger partial charge in [0.15, 0.2) is 0 Å². The van der Waals surface area contributed by atoms with E-state index in [2.05, 4.69) is 61.1 Å². The molecule has 1 aliphatic rings. The molecule has 1 saturated heterocycles. The van der Waals surface area contributed by atoms with E-state index in [0.717, 1.165) is 47.7 Å². The number of nitrogens with one attached hydrogen (secondary N) is 1. The normalized spacial score (nSPS) is 15.8. The van der Waals surface area contributed by atoms with Crippen LogP contribution < -0.4 is 5.32 Å². The van der Waals surface area contributed by atoms with Crippen LogP contribution in [0.5, 0.6) is 0 Å². The number of piperidine rings is 1. The first-order valence-corrected chi connectivity index (χ1v) is 11.9. The van der Waals surface area contributed by atoms with Crippen LogP contribution in [0.1, 0.15) is 32.3 Å². The Hall–Kier alpha value is -2.28. The SMILES string of the molecule is Cc1ccc2nc(-c3ccc(NC(=O)CN(C)C4CCN(C(C)C)CC4)cc3)sc2c1. The van der Waals surface area contributed by atoms with Crippen LogP contribution in [0.15, 0.2) is 42.5 Å². The van der Waals surface area contributed by atoms with Gasteiger partial charge in [-0.25, -0.2) is 4.98 Å². The van der Waals surface area contributed by atoms with E-state index in [1.807, 2.05) is 24.3 Å². The second-order valence-electron chi connectivity index (χ2n) is 8.89. The lowest BCUT2D eigenvalue weighted by molar-refractivity contribution is -0.117. The third kappa shape index (κ3) is 5.32. The first-order valence-electron chi connectivity index (χ1n) is 11.1. The van der Waals surface area contributed by atoms with Crippen molar-refractivity contribution < 1.29 is 4.79 Å². The molecule has 0 saturated carbocycles. The maximum atomic E-state index is 12.6. The summed E-state index contributed by atoms with van der Waals surface area (Å²) in [5.74, 6) is 0.0389. The van der Waals surface area contributed by atoms with Gasteiger partial charge >= 0.3 is 0 Å². The van der Waals surface area contributed by atoms with Crippen LogP contribution in [0.3, 0.4) is 0 Å². The van der Waals surface area contributed by atoms with E-state index in [-0.39, 0.29) is 5.91 Å². The average Bonchev–Trinajstić information content (AvgIpc) is 3.17. The van der Waals surface area contributed by atoms with Gasteiger partial charge in [0.25, 0.3) is 0 Å². The van der Waals surface area contributed by atoms with E-state index in [0.29, 0.717) is 18.6 Å². The Morgan fingerprint density at radius 3 is 2.58 bits per heavy atom. The number of anilines is 1. The largest absolute Gasteiger partial charge is 0.325 e. The van der Waals surface area contributed by atoms with Gasteiger partial charge in [-0.2, -0.15) is 0 Å². The molecule has 2 heterocycles. The minimum absolute atomic E-state index is 0.0389. The van der Waals surface area contributed by atoms with Crippen molar-refractivity contribution in [3.63, 3.8) is 0 Å². The quantitative estimate of drug-likeness (QED) is 0.590. The van der Waals surface area contributed by atoms with Crippen LogP contribution in [0.2, 0.25) is 0 Å². The summed E-state index contributed by atoms with van der Waals surface area (Å²) in [4.78, 5) is 22.0. The van der Waals surface area contributed by atoms with Crippen molar-refractivity contribution in [3.05, 3.63) is 48.0 Å². The van der Waals surface area contributed by atoms with E-state index >= 15 is 0 Å². The minimum Gasteiger partial charge on any atom is -0.325 e. The number of hydrogen-bond acceptors (Lipinski definition) is 5. The Labute approximate surface area is 189 Å². The molecule has 1 aliphatic heterocycles. The zero-order chi connectivity index (χ0) is 22.0. The lowest BCUT2D eigenvalue weighted by Gasteiger charge is -2.38. The lowest BCUT2D eigenvalue weighted by Crippen LogP contribution is -2.47. The summed E-state index contributed by atoms with van der Waals surface area (Å²) in [7, 11) is 2.06. The molecule has 0 radical (unpaired) electrons. The topological polar surface area (TPSA) is 48.5 Å². The molecule has 1 aromatic heterocycles. The fourth-order valence-electron chi connectivity index (χ4n) is 4.25. The van der Waals surface area contributed by atoms with Crippen molar-refractivity contribution in [2.24, 2.45) is 0 Å². The number of likely N-dealkylation sites (tertiary alicyclic amines) is 1. The zero-order valence-electron chi connectivity index (χ0n) is 18.9. The molecule has 1 fully saturated rings. The average molecular weight is 437 g/mol. The van der Waals surface area contributed by atoms with Crippen molar-refractivity contribution in [1.29, 1.82) is 0 Å². The summed E-state index contributed by atoms with van der Waals surface area (Å²) in [5, 5.41) is 4.05. The Kier molecular flexibility index (Phi) is 6.70. The molecule has 1 N–H and O–H groups in total. The van der Waals surface area contributed by atoms with E-state index in [9.17, 15) is 4.79 Å². The maximum absolute atomic E-state index is 12.6. The van der Waals surface area contributed by atoms with Crippen molar-refractivity contribution >= 4 is 33.1 Å². The number of amides is 1. The summed E-state index contributed by atoms with van der Waals surface area (Å²) in [6, 6.07) is 15.4. The van der Waals surface area contributed by atoms with Gasteiger partial charge in [-0.05, 0) is 95.7 Å². The Morgan fingerprint density at radius 2 is 1.90 bits per heavy atom. The van der Waals surface area contributed by atoms with Crippen LogP contribution >= 0.6 is 11.3 Å². The van der Waals surface area contributed by atoms with E-state index in [1.165, 1.54) is 10.3 Å². The summed E-state index contributed by atoms with van der Waals surface area (Å²) < 4.78 is 1.20. The molecule has 5 nitrogen and oxygen atoms in total. The van der Waals surface area contributed by atoms with Gasteiger partial charge in [-0.15, -0.1) is 11.3 Å². The molecule has 6 heteroatoms. The highest BCUT2D eigenvalue weighted by atomic mass is 32.1. The number of aryl methyl sites for hydroxylation is 1. The number of nitrogens with zero attached hydrogens (tertiary/aromatic N) is 3. The molecule has 3 aromatic rings. The number of rotatable bonds is 6. The second kappa shape index (κ2) is 9.47. The third-order valence-electron chi connectivity index (χ3n) is 6.21. The molecule has 0 spiro atoms. The van der Waals surface area contributed by atoms with Crippen molar-refractivity contribution in [2.75, 3.05) is 32.0 Å². The molecule has 31 heavy (non-hydrogen) atoms. The summed E-state index contributed by atoms with van der Waals surface area (Å²) in [5.41, 5.74) is 4.18. The Morgan fingerprint density at radius 1 is 1.19 bits per heavy atom. The monoisotopic (exact) mass is 436 g/mol. The predicted octanol–water partition coefficient (Wildman–Crippen LogP) is 5.01. The fraction of sp³-hybridized carbons (Fsp3) is 0.440. The van der Waals surface area contributed by atoms with Crippen molar-refractivity contribution in [3.8, 4) is 10.6 Å². The van der Waals surface area contributed by atoms with Crippen LogP contribution in [0.25, 0.3) is 20.8 Å². The molecule has 4 rings (SSSR count). The van der Waals surface area contributed by atoms with Gasteiger partial charge in [0.1, 0.15) is 5.01 Å². The van der Waals surface area contributed by atoms with Gasteiger partial charge in [-0.1, -0.05) is 6.07 Å². The fourth-order valence-corrected chi connectivity index (χ4v) is 5.32. The molecule has 0 aliphatic carbocycles. The minimum atomic E-state index is 0.0389. The molecule has 0 unspecified atom stereocenters. The number of fused-ring (bicyclic) bond motifs is 1. The van der Waals surface area contributed by atoms with Gasteiger partial charge in [0.2, 0.25) is 5.91 Å². The zero-order valence-corrected chi connectivity index (χ0v) is 19.7. The summed E-state index contributed by atoms with van der Waals surface area (Å²) >= 11 is 1.70. The van der Waals surface area contributed by atoms with Crippen LogP contribution in [-0.2, 0) is 4.79 Å². The van der Waals surface area contributed by atoms with Crippen molar-refractivity contribution in [1.82, 2.24) is 14.8 Å². The van der Waals surface area contributed by atoms with Crippen LogP contribution in [-0.4, -0.2) is 59.5 Å². The van der Waals surface area contributed by atoms with Crippen LogP contribution in [0, 0.1) is 6.92 Å². The second-order valence-corrected chi connectivity index (χ2v) is 9.92. The van der Waals surface area contributed by atoms with Crippen LogP contribution in [0.4, 0.5) is 5.69 Å². The molecular formula is C25H32N4OS. The van der Waals surface area contributed by atoms with Gasteiger partial charge < -0.3 is 10.2 Å². The van der Waals surface area contributed by atoms with E-state index in [1.54, 1.807) is 11.3 Å².